The van der Waals surface area contributed by atoms with Crippen molar-refractivity contribution >= 4 is 17.7 Å². The fourth-order valence-electron chi connectivity index (χ4n) is 3.50. The standard InChI is InChI=1S/C21H28FN5O/c1-14-12-19(27(2)3)26-21(24-14)25-17-10-8-15(9-11-17)20(28)23-13-16-6-4-5-7-18(16)22/h4-7,12,15,17H,8-11,13H2,1-3H3,(H,23,28)(H,24,25,26)/t15-,17+. The molecule has 1 fully saturated rings. The third kappa shape index (κ3) is 5.18. The lowest BCUT2D eigenvalue weighted by Crippen LogP contribution is -2.36. The third-order valence-corrected chi connectivity index (χ3v) is 5.14. The van der Waals surface area contributed by atoms with Gasteiger partial charge in [0.05, 0.1) is 0 Å². The van der Waals surface area contributed by atoms with Crippen LogP contribution in [0.25, 0.3) is 0 Å². The molecule has 28 heavy (non-hydrogen) atoms. The maximum atomic E-state index is 13.7. The second-order valence-electron chi connectivity index (χ2n) is 7.59. The first-order chi connectivity index (χ1) is 13.4. The van der Waals surface area contributed by atoms with E-state index in [0.29, 0.717) is 11.5 Å². The van der Waals surface area contributed by atoms with E-state index in [1.807, 2.05) is 32.0 Å². The Hall–Kier alpha value is -2.70. The van der Waals surface area contributed by atoms with Crippen LogP contribution in [0.4, 0.5) is 16.2 Å². The zero-order valence-corrected chi connectivity index (χ0v) is 16.7. The lowest BCUT2D eigenvalue weighted by molar-refractivity contribution is -0.126. The summed E-state index contributed by atoms with van der Waals surface area (Å²) in [4.78, 5) is 23.4. The van der Waals surface area contributed by atoms with Gasteiger partial charge in [-0.25, -0.2) is 9.37 Å². The summed E-state index contributed by atoms with van der Waals surface area (Å²) >= 11 is 0. The van der Waals surface area contributed by atoms with Gasteiger partial charge in [-0.15, -0.1) is 0 Å². The SMILES string of the molecule is Cc1cc(N(C)C)nc(N[C@H]2CC[C@@H](C(=O)NCc3ccccc3F)CC2)n1. The van der Waals surface area contributed by atoms with Crippen LogP contribution in [-0.4, -0.2) is 36.0 Å². The normalized spacial score (nSPS) is 19.1. The van der Waals surface area contributed by atoms with Crippen molar-refractivity contribution in [3.8, 4) is 0 Å². The minimum Gasteiger partial charge on any atom is -0.363 e. The highest BCUT2D eigenvalue weighted by Crippen LogP contribution is 2.26. The maximum Gasteiger partial charge on any atom is 0.225 e. The minimum absolute atomic E-state index is 0.00315. The second-order valence-corrected chi connectivity index (χ2v) is 7.59. The van der Waals surface area contributed by atoms with Crippen molar-refractivity contribution in [2.24, 2.45) is 5.92 Å². The molecule has 0 unspecified atom stereocenters. The molecule has 0 atom stereocenters. The fraction of sp³-hybridized carbons (Fsp3) is 0.476. The molecule has 0 spiro atoms. The Morgan fingerprint density at radius 1 is 1.18 bits per heavy atom. The molecule has 0 aliphatic heterocycles. The molecule has 1 amide bonds. The summed E-state index contributed by atoms with van der Waals surface area (Å²) in [6, 6.07) is 8.73. The average molecular weight is 385 g/mol. The Bertz CT molecular complexity index is 818. The quantitative estimate of drug-likeness (QED) is 0.799. The molecule has 1 saturated carbocycles. The van der Waals surface area contributed by atoms with Crippen LogP contribution in [0.15, 0.2) is 30.3 Å². The van der Waals surface area contributed by atoms with E-state index in [9.17, 15) is 9.18 Å². The molecule has 6 nitrogen and oxygen atoms in total. The number of nitrogens with zero attached hydrogens (tertiary/aromatic N) is 3. The van der Waals surface area contributed by atoms with E-state index in [0.717, 1.165) is 37.2 Å². The third-order valence-electron chi connectivity index (χ3n) is 5.14. The van der Waals surface area contributed by atoms with Crippen molar-refractivity contribution < 1.29 is 9.18 Å². The van der Waals surface area contributed by atoms with E-state index in [-0.39, 0.29) is 30.2 Å². The van der Waals surface area contributed by atoms with Gasteiger partial charge in [-0.2, -0.15) is 4.98 Å². The molecule has 1 aromatic carbocycles. The zero-order valence-electron chi connectivity index (χ0n) is 16.7. The van der Waals surface area contributed by atoms with E-state index >= 15 is 0 Å². The molecule has 0 saturated heterocycles. The highest BCUT2D eigenvalue weighted by atomic mass is 19.1. The summed E-state index contributed by atoms with van der Waals surface area (Å²) in [6.07, 6.45) is 3.36. The van der Waals surface area contributed by atoms with Crippen molar-refractivity contribution in [2.75, 3.05) is 24.3 Å². The minimum atomic E-state index is -0.286. The Morgan fingerprint density at radius 2 is 1.89 bits per heavy atom. The largest absolute Gasteiger partial charge is 0.363 e. The maximum absolute atomic E-state index is 13.7. The zero-order chi connectivity index (χ0) is 20.1. The van der Waals surface area contributed by atoms with E-state index in [4.69, 9.17) is 0 Å². The molecular weight excluding hydrogens is 357 g/mol. The molecule has 1 aliphatic rings. The van der Waals surface area contributed by atoms with E-state index in [1.54, 1.807) is 18.2 Å². The van der Waals surface area contributed by atoms with E-state index in [1.165, 1.54) is 6.07 Å². The first-order valence-electron chi connectivity index (χ1n) is 9.73. The van der Waals surface area contributed by atoms with Crippen LogP contribution in [-0.2, 0) is 11.3 Å². The first kappa shape index (κ1) is 20.0. The number of nitrogens with one attached hydrogen (secondary N) is 2. The summed E-state index contributed by atoms with van der Waals surface area (Å²) in [6.45, 7) is 2.19. The van der Waals surface area contributed by atoms with Gasteiger partial charge < -0.3 is 15.5 Å². The Morgan fingerprint density at radius 3 is 2.57 bits per heavy atom. The lowest BCUT2D eigenvalue weighted by atomic mass is 9.85. The number of carbonyl (C=O) groups is 1. The first-order valence-corrected chi connectivity index (χ1v) is 9.73. The van der Waals surface area contributed by atoms with Crippen LogP contribution in [0.5, 0.6) is 0 Å². The molecule has 7 heteroatoms. The van der Waals surface area contributed by atoms with Crippen LogP contribution in [0.1, 0.15) is 36.9 Å². The number of aryl methyl sites for hydroxylation is 1. The predicted octanol–water partition coefficient (Wildman–Crippen LogP) is 3.28. The van der Waals surface area contributed by atoms with Crippen molar-refractivity contribution in [1.29, 1.82) is 0 Å². The monoisotopic (exact) mass is 385 g/mol. The van der Waals surface area contributed by atoms with E-state index in [2.05, 4.69) is 20.6 Å². The van der Waals surface area contributed by atoms with Gasteiger partial charge in [-0.1, -0.05) is 18.2 Å². The lowest BCUT2D eigenvalue weighted by Gasteiger charge is -2.28. The van der Waals surface area contributed by atoms with Crippen molar-refractivity contribution in [3.63, 3.8) is 0 Å². The van der Waals surface area contributed by atoms with Gasteiger partial charge in [-0.05, 0) is 38.7 Å². The molecule has 0 bridgehead atoms. The van der Waals surface area contributed by atoms with Crippen molar-refractivity contribution in [2.45, 2.75) is 45.2 Å². The van der Waals surface area contributed by atoms with Crippen LogP contribution >= 0.6 is 0 Å². The predicted molar refractivity (Wildman–Crippen MR) is 109 cm³/mol. The summed E-state index contributed by atoms with van der Waals surface area (Å²) in [5, 5.41) is 6.28. The van der Waals surface area contributed by atoms with Crippen LogP contribution in [0, 0.1) is 18.7 Å². The van der Waals surface area contributed by atoms with Crippen molar-refractivity contribution in [3.05, 3.63) is 47.4 Å². The van der Waals surface area contributed by atoms with Gasteiger partial charge in [0.2, 0.25) is 11.9 Å². The second kappa shape index (κ2) is 8.99. The smallest absolute Gasteiger partial charge is 0.225 e. The van der Waals surface area contributed by atoms with Crippen LogP contribution in [0.2, 0.25) is 0 Å². The molecule has 3 rings (SSSR count). The van der Waals surface area contributed by atoms with E-state index < -0.39 is 0 Å². The van der Waals surface area contributed by atoms with Gasteiger partial charge in [0.15, 0.2) is 0 Å². The highest BCUT2D eigenvalue weighted by Gasteiger charge is 2.26. The highest BCUT2D eigenvalue weighted by molar-refractivity contribution is 5.78. The molecule has 2 aromatic rings. The number of hydrogen-bond donors (Lipinski definition) is 2. The molecule has 0 radical (unpaired) electrons. The van der Waals surface area contributed by atoms with Gasteiger partial charge in [-0.3, -0.25) is 4.79 Å². The summed E-state index contributed by atoms with van der Waals surface area (Å²) in [5.41, 5.74) is 1.43. The fourth-order valence-corrected chi connectivity index (χ4v) is 3.50. The summed E-state index contributed by atoms with van der Waals surface area (Å²) in [7, 11) is 3.91. The van der Waals surface area contributed by atoms with Gasteiger partial charge >= 0.3 is 0 Å². The molecule has 1 heterocycles. The Balaban J connectivity index is 1.49. The Kier molecular flexibility index (Phi) is 6.44. The van der Waals surface area contributed by atoms with Gasteiger partial charge in [0.25, 0.3) is 0 Å². The average Bonchev–Trinajstić information content (AvgIpc) is 2.67. The van der Waals surface area contributed by atoms with Crippen LogP contribution in [0.3, 0.4) is 0 Å². The number of carbonyl (C=O) groups excluding carboxylic acids is 1. The molecule has 1 aliphatic carbocycles. The number of halogens is 1. The Labute approximate surface area is 165 Å². The molecular formula is C21H28FN5O. The number of anilines is 2. The number of hydrogen-bond acceptors (Lipinski definition) is 5. The summed E-state index contributed by atoms with van der Waals surface area (Å²) < 4.78 is 13.7. The molecule has 1 aromatic heterocycles. The number of amides is 1. The topological polar surface area (TPSA) is 70.2 Å². The number of rotatable bonds is 6. The van der Waals surface area contributed by atoms with Crippen molar-refractivity contribution in [1.82, 2.24) is 15.3 Å². The summed E-state index contributed by atoms with van der Waals surface area (Å²) in [5.74, 6) is 1.20. The number of benzene rings is 1. The van der Waals surface area contributed by atoms with Crippen LogP contribution < -0.4 is 15.5 Å². The number of aromatic nitrogens is 2. The van der Waals surface area contributed by atoms with Gasteiger partial charge in [0.1, 0.15) is 11.6 Å². The van der Waals surface area contributed by atoms with Gasteiger partial charge in [0, 0.05) is 49.9 Å². The molecule has 2 N–H and O–H groups in total. The molecule has 150 valence electrons.